The average Bonchev–Trinajstić information content (AvgIpc) is 3.13. The monoisotopic (exact) mass is 386 g/mol. The Morgan fingerprint density at radius 2 is 1.45 bits per heavy atom. The summed E-state index contributed by atoms with van der Waals surface area (Å²) < 4.78 is 1.52. The van der Waals surface area contributed by atoms with Crippen molar-refractivity contribution < 1.29 is 4.79 Å². The minimum absolute atomic E-state index is 0.195. The minimum Gasteiger partial charge on any atom is -0.295 e. The summed E-state index contributed by atoms with van der Waals surface area (Å²) >= 11 is 0. The fourth-order valence-electron chi connectivity index (χ4n) is 3.51. The van der Waals surface area contributed by atoms with Gasteiger partial charge in [-0.3, -0.25) is 14.7 Å². The number of hydrogen-bond donors (Lipinski definition) is 1. The van der Waals surface area contributed by atoms with E-state index in [0.717, 1.165) is 22.5 Å². The van der Waals surface area contributed by atoms with Gasteiger partial charge in [-0.2, -0.15) is 10.1 Å². The highest BCUT2D eigenvalue weighted by molar-refractivity contribution is 6.32. The lowest BCUT2D eigenvalue weighted by Gasteiger charge is -2.14. The second-order valence-electron chi connectivity index (χ2n) is 7.22. The molecule has 6 heteroatoms. The summed E-state index contributed by atoms with van der Waals surface area (Å²) in [6.45, 7) is 7.50. The number of H-pyrrole nitrogens is 1. The summed E-state index contributed by atoms with van der Waals surface area (Å²) in [6, 6.07) is 15.2. The number of nitrogens with one attached hydrogen (secondary N) is 1. The fourth-order valence-corrected chi connectivity index (χ4v) is 3.51. The molecule has 0 fully saturated rings. The summed E-state index contributed by atoms with van der Waals surface area (Å²) in [6.07, 6.45) is 1.64. The lowest BCUT2D eigenvalue weighted by atomic mass is 10.1. The van der Waals surface area contributed by atoms with Crippen LogP contribution in [0.25, 0.3) is 11.8 Å². The first-order valence-electron chi connectivity index (χ1n) is 9.43. The van der Waals surface area contributed by atoms with Crippen LogP contribution < -0.4 is 10.6 Å². The number of rotatable bonds is 3. The van der Waals surface area contributed by atoms with Gasteiger partial charge in [0.1, 0.15) is 0 Å². The number of nitrogens with zero attached hydrogens (tertiary/aromatic N) is 3. The summed E-state index contributed by atoms with van der Waals surface area (Å²) in [4.78, 5) is 26.1. The molecule has 1 aliphatic rings. The third-order valence-corrected chi connectivity index (χ3v) is 5.17. The van der Waals surface area contributed by atoms with Crippen molar-refractivity contribution in [3.05, 3.63) is 86.8 Å². The minimum atomic E-state index is -0.237. The Labute approximate surface area is 168 Å². The number of hydrazone groups is 1. The molecule has 2 aromatic carbocycles. The Hall–Kier alpha value is -3.67. The molecule has 1 aromatic heterocycles. The van der Waals surface area contributed by atoms with E-state index in [4.69, 9.17) is 0 Å². The zero-order valence-electron chi connectivity index (χ0n) is 16.9. The summed E-state index contributed by atoms with van der Waals surface area (Å²) in [5.74, 6) is -0.237. The highest BCUT2D eigenvalue weighted by Gasteiger charge is 2.30. The Kier molecular flexibility index (Phi) is 4.54. The Balaban J connectivity index is 1.77. The lowest BCUT2D eigenvalue weighted by Crippen LogP contribution is -2.22. The number of hydrogen-bond acceptors (Lipinski definition) is 3. The summed E-state index contributed by atoms with van der Waals surface area (Å²) in [5.41, 5.74) is 5.43. The highest BCUT2D eigenvalue weighted by Crippen LogP contribution is 2.27. The molecule has 2 heterocycles. The van der Waals surface area contributed by atoms with E-state index < -0.39 is 0 Å². The van der Waals surface area contributed by atoms with E-state index in [1.807, 2.05) is 69.3 Å². The Bertz CT molecular complexity index is 1240. The van der Waals surface area contributed by atoms with Crippen LogP contribution in [0.15, 0.2) is 64.0 Å². The van der Waals surface area contributed by atoms with E-state index in [1.54, 1.807) is 13.0 Å². The predicted octanol–water partition coefficient (Wildman–Crippen LogP) is 3.90. The van der Waals surface area contributed by atoms with Crippen LogP contribution in [-0.4, -0.2) is 21.4 Å². The Morgan fingerprint density at radius 1 is 0.862 bits per heavy atom. The van der Waals surface area contributed by atoms with Crippen LogP contribution in [0.4, 0.5) is 5.69 Å². The summed E-state index contributed by atoms with van der Waals surface area (Å²) in [7, 11) is 0. The maximum Gasteiger partial charge on any atom is 0.280 e. The number of anilines is 1. The van der Waals surface area contributed by atoms with Crippen LogP contribution >= 0.6 is 0 Å². The van der Waals surface area contributed by atoms with Gasteiger partial charge in [0.2, 0.25) is 0 Å². The third kappa shape index (κ3) is 3.12. The smallest absolute Gasteiger partial charge is 0.280 e. The molecule has 29 heavy (non-hydrogen) atoms. The average molecular weight is 386 g/mol. The molecule has 0 saturated carbocycles. The number of aromatic amines is 1. The molecule has 0 aliphatic carbocycles. The largest absolute Gasteiger partial charge is 0.295 e. The zero-order valence-corrected chi connectivity index (χ0v) is 16.9. The van der Waals surface area contributed by atoms with Crippen molar-refractivity contribution in [2.24, 2.45) is 5.10 Å². The molecule has 1 amide bonds. The number of amides is 1. The second kappa shape index (κ2) is 7.05. The number of para-hydroxylation sites is 2. The number of aromatic nitrogens is 2. The zero-order chi connectivity index (χ0) is 20.7. The van der Waals surface area contributed by atoms with Gasteiger partial charge in [-0.15, -0.1) is 0 Å². The molecule has 0 spiro atoms. The van der Waals surface area contributed by atoms with Gasteiger partial charge in [-0.25, -0.2) is 4.68 Å². The molecule has 0 bridgehead atoms. The van der Waals surface area contributed by atoms with E-state index in [-0.39, 0.29) is 11.5 Å². The van der Waals surface area contributed by atoms with Gasteiger partial charge in [0, 0.05) is 5.69 Å². The van der Waals surface area contributed by atoms with E-state index in [0.29, 0.717) is 22.5 Å². The van der Waals surface area contributed by atoms with Gasteiger partial charge < -0.3 is 0 Å². The molecule has 0 unspecified atom stereocenters. The number of carbonyl (C=O) groups is 1. The predicted molar refractivity (Wildman–Crippen MR) is 116 cm³/mol. The van der Waals surface area contributed by atoms with Crippen LogP contribution in [0.3, 0.4) is 0 Å². The normalized spacial score (nSPS) is 15.3. The van der Waals surface area contributed by atoms with Crippen LogP contribution in [0.5, 0.6) is 0 Å². The van der Waals surface area contributed by atoms with E-state index in [9.17, 15) is 9.59 Å². The molecular weight excluding hydrogens is 364 g/mol. The van der Waals surface area contributed by atoms with Crippen molar-refractivity contribution in [1.82, 2.24) is 9.78 Å². The van der Waals surface area contributed by atoms with Gasteiger partial charge >= 0.3 is 0 Å². The van der Waals surface area contributed by atoms with Crippen LogP contribution in [0, 0.1) is 20.8 Å². The van der Waals surface area contributed by atoms with Crippen molar-refractivity contribution in [2.75, 3.05) is 5.01 Å². The standard InChI is InChI=1S/C23H22N4O2/c1-14-9-5-7-11-20(14)26-22(28)18(16(3)24-26)13-19-17(4)25-27(23(19)29)21-12-8-6-10-15(21)2/h5-13,24H,1-4H3/b19-13-. The maximum absolute atomic E-state index is 13.1. The first-order valence-corrected chi connectivity index (χ1v) is 9.43. The molecule has 1 N–H and O–H groups in total. The molecule has 0 saturated heterocycles. The lowest BCUT2D eigenvalue weighted by molar-refractivity contribution is -0.114. The first-order chi connectivity index (χ1) is 13.9. The Morgan fingerprint density at radius 3 is 2.07 bits per heavy atom. The highest BCUT2D eigenvalue weighted by atomic mass is 16.2. The molecule has 146 valence electrons. The van der Waals surface area contributed by atoms with Crippen molar-refractivity contribution in [2.45, 2.75) is 27.7 Å². The third-order valence-electron chi connectivity index (χ3n) is 5.17. The van der Waals surface area contributed by atoms with E-state index in [2.05, 4.69) is 10.2 Å². The van der Waals surface area contributed by atoms with Crippen LogP contribution in [0.2, 0.25) is 0 Å². The summed E-state index contributed by atoms with van der Waals surface area (Å²) in [5, 5.41) is 8.95. The molecule has 4 rings (SSSR count). The van der Waals surface area contributed by atoms with Crippen molar-refractivity contribution in [3.63, 3.8) is 0 Å². The number of carbonyl (C=O) groups excluding carboxylic acids is 1. The topological polar surface area (TPSA) is 70.5 Å². The van der Waals surface area contributed by atoms with Crippen molar-refractivity contribution in [3.8, 4) is 5.69 Å². The molecular formula is C23H22N4O2. The second-order valence-corrected chi connectivity index (χ2v) is 7.22. The molecule has 0 atom stereocenters. The van der Waals surface area contributed by atoms with E-state index in [1.165, 1.54) is 9.69 Å². The first kappa shape index (κ1) is 18.7. The molecule has 0 radical (unpaired) electrons. The van der Waals surface area contributed by atoms with Gasteiger partial charge in [0.05, 0.1) is 28.2 Å². The quantitative estimate of drug-likeness (QED) is 0.694. The van der Waals surface area contributed by atoms with Gasteiger partial charge in [-0.05, 0) is 57.0 Å². The molecule has 3 aromatic rings. The molecule has 6 nitrogen and oxygen atoms in total. The fraction of sp³-hybridized carbons (Fsp3) is 0.174. The van der Waals surface area contributed by atoms with Crippen LogP contribution in [0.1, 0.15) is 29.3 Å². The molecule has 1 aliphatic heterocycles. The maximum atomic E-state index is 13.1. The van der Waals surface area contributed by atoms with Crippen molar-refractivity contribution >= 4 is 23.4 Å². The van der Waals surface area contributed by atoms with Gasteiger partial charge in [0.15, 0.2) is 0 Å². The van der Waals surface area contributed by atoms with Gasteiger partial charge in [-0.1, -0.05) is 36.4 Å². The van der Waals surface area contributed by atoms with Gasteiger partial charge in [0.25, 0.3) is 11.5 Å². The number of aryl methyl sites for hydroxylation is 3. The van der Waals surface area contributed by atoms with Crippen molar-refractivity contribution in [1.29, 1.82) is 0 Å². The van der Waals surface area contributed by atoms with Crippen LogP contribution in [-0.2, 0) is 4.79 Å². The number of benzene rings is 2. The van der Waals surface area contributed by atoms with E-state index >= 15 is 0 Å². The SMILES string of the molecule is CC1=NN(c2ccccc2C)C(=O)/C1=C\c1c(C)[nH]n(-c2ccccc2C)c1=O.